The molecule has 24 heavy (non-hydrogen) atoms. The van der Waals surface area contributed by atoms with Crippen molar-refractivity contribution in [1.82, 2.24) is 15.1 Å². The van der Waals surface area contributed by atoms with Crippen LogP contribution in [0.4, 0.5) is 15.6 Å². The first-order chi connectivity index (χ1) is 11.7. The molecular weight excluding hydrogens is 326 g/mol. The van der Waals surface area contributed by atoms with Gasteiger partial charge in [-0.1, -0.05) is 29.5 Å². The van der Waals surface area contributed by atoms with Crippen LogP contribution >= 0.6 is 11.3 Å². The first-order valence-electron chi connectivity index (χ1n) is 7.94. The Bertz CT molecular complexity index is 728. The number of carbonyl (C=O) groups excluding carboxylic acids is 2. The van der Waals surface area contributed by atoms with Crippen LogP contribution in [0.15, 0.2) is 35.8 Å². The Kier molecular flexibility index (Phi) is 3.89. The predicted octanol–water partition coefficient (Wildman–Crippen LogP) is 1.98. The van der Waals surface area contributed by atoms with Crippen molar-refractivity contribution in [2.45, 2.75) is 18.9 Å². The first kappa shape index (κ1) is 15.1. The normalized spacial score (nSPS) is 19.4. The van der Waals surface area contributed by atoms with Gasteiger partial charge >= 0.3 is 6.03 Å². The topological polar surface area (TPSA) is 69.6 Å². The lowest BCUT2D eigenvalue weighted by Crippen LogP contribution is -2.46. The van der Waals surface area contributed by atoms with Crippen molar-refractivity contribution in [1.29, 1.82) is 0 Å². The number of aromatic nitrogens is 2. The van der Waals surface area contributed by atoms with Gasteiger partial charge in [0.25, 0.3) is 5.91 Å². The summed E-state index contributed by atoms with van der Waals surface area (Å²) in [4.78, 5) is 30.2. The van der Waals surface area contributed by atoms with E-state index in [1.165, 1.54) is 16.2 Å². The maximum atomic E-state index is 12.7. The number of hydrogen-bond donors (Lipinski definition) is 0. The molecule has 3 amide bonds. The van der Waals surface area contributed by atoms with Gasteiger partial charge in [-0.05, 0) is 25.0 Å². The molecule has 124 valence electrons. The van der Waals surface area contributed by atoms with Gasteiger partial charge in [0, 0.05) is 19.1 Å². The fourth-order valence-corrected chi connectivity index (χ4v) is 3.92. The maximum Gasteiger partial charge on any atom is 0.332 e. The highest BCUT2D eigenvalue weighted by atomic mass is 32.1. The standard InChI is InChI=1S/C16H17N5O2S/c22-14-10-20(16(23)21(14)13-4-2-1-3-5-13)12-6-8-19(9-7-12)15-18-17-11-24-15/h1-5,11-12H,6-10H2. The molecular formula is C16H17N5O2S. The van der Waals surface area contributed by atoms with Gasteiger partial charge in [0.2, 0.25) is 5.13 Å². The fourth-order valence-electron chi connectivity index (χ4n) is 3.31. The van der Waals surface area contributed by atoms with Crippen LogP contribution < -0.4 is 9.80 Å². The molecule has 2 aliphatic rings. The van der Waals surface area contributed by atoms with Crippen molar-refractivity contribution < 1.29 is 9.59 Å². The van der Waals surface area contributed by atoms with Crippen molar-refractivity contribution >= 4 is 34.1 Å². The number of carbonyl (C=O) groups is 2. The number of piperidine rings is 1. The van der Waals surface area contributed by atoms with Crippen molar-refractivity contribution in [3.8, 4) is 0 Å². The summed E-state index contributed by atoms with van der Waals surface area (Å²) < 4.78 is 0. The minimum absolute atomic E-state index is 0.0966. The Morgan fingerprint density at radius 1 is 1.08 bits per heavy atom. The Balaban J connectivity index is 1.44. The van der Waals surface area contributed by atoms with Gasteiger partial charge < -0.3 is 9.80 Å². The van der Waals surface area contributed by atoms with Crippen LogP contribution in [0.5, 0.6) is 0 Å². The summed E-state index contributed by atoms with van der Waals surface area (Å²) in [5.41, 5.74) is 2.36. The molecule has 0 spiro atoms. The van der Waals surface area contributed by atoms with E-state index in [0.29, 0.717) is 5.69 Å². The Labute approximate surface area is 143 Å². The summed E-state index contributed by atoms with van der Waals surface area (Å²) in [5, 5.41) is 8.88. The molecule has 2 fully saturated rings. The van der Waals surface area contributed by atoms with E-state index in [9.17, 15) is 9.59 Å². The number of anilines is 2. The molecule has 3 heterocycles. The van der Waals surface area contributed by atoms with Gasteiger partial charge in [-0.3, -0.25) is 4.79 Å². The second kappa shape index (κ2) is 6.20. The quantitative estimate of drug-likeness (QED) is 0.797. The van der Waals surface area contributed by atoms with Crippen LogP contribution in [0.1, 0.15) is 12.8 Å². The molecule has 0 N–H and O–H groups in total. The average Bonchev–Trinajstić information content (AvgIpc) is 3.24. The lowest BCUT2D eigenvalue weighted by atomic mass is 10.0. The van der Waals surface area contributed by atoms with E-state index < -0.39 is 0 Å². The van der Waals surface area contributed by atoms with E-state index in [2.05, 4.69) is 15.1 Å². The number of benzene rings is 1. The van der Waals surface area contributed by atoms with E-state index in [1.54, 1.807) is 22.5 Å². The Morgan fingerprint density at radius 2 is 1.83 bits per heavy atom. The van der Waals surface area contributed by atoms with E-state index >= 15 is 0 Å². The number of para-hydroxylation sites is 1. The summed E-state index contributed by atoms with van der Waals surface area (Å²) in [6.07, 6.45) is 1.67. The number of rotatable bonds is 3. The molecule has 2 aliphatic heterocycles. The summed E-state index contributed by atoms with van der Waals surface area (Å²) in [6.45, 7) is 1.81. The third kappa shape index (κ3) is 2.62. The summed E-state index contributed by atoms with van der Waals surface area (Å²) in [6, 6.07) is 9.00. The van der Waals surface area contributed by atoms with Gasteiger partial charge in [-0.25, -0.2) is 9.69 Å². The van der Waals surface area contributed by atoms with Crippen molar-refractivity contribution in [3.05, 3.63) is 35.8 Å². The number of imide groups is 1. The van der Waals surface area contributed by atoms with Crippen LogP contribution in [0.25, 0.3) is 0 Å². The van der Waals surface area contributed by atoms with E-state index in [-0.39, 0.29) is 24.5 Å². The largest absolute Gasteiger partial charge is 0.347 e. The molecule has 0 radical (unpaired) electrons. The second-order valence-electron chi connectivity index (χ2n) is 5.91. The third-order valence-corrected chi connectivity index (χ3v) is 5.28. The Morgan fingerprint density at radius 3 is 2.50 bits per heavy atom. The zero-order chi connectivity index (χ0) is 16.5. The van der Waals surface area contributed by atoms with E-state index in [0.717, 1.165) is 31.1 Å². The molecule has 8 heteroatoms. The molecule has 2 aromatic rings. The number of urea groups is 1. The van der Waals surface area contributed by atoms with Crippen molar-refractivity contribution in [2.75, 3.05) is 29.4 Å². The maximum absolute atomic E-state index is 12.7. The summed E-state index contributed by atoms with van der Waals surface area (Å²) in [7, 11) is 0. The van der Waals surface area contributed by atoms with Crippen LogP contribution in [0, 0.1) is 0 Å². The molecule has 1 aromatic heterocycles. The molecule has 0 bridgehead atoms. The average molecular weight is 343 g/mol. The van der Waals surface area contributed by atoms with Crippen LogP contribution in [0.3, 0.4) is 0 Å². The van der Waals surface area contributed by atoms with Crippen LogP contribution in [0.2, 0.25) is 0 Å². The van der Waals surface area contributed by atoms with Crippen LogP contribution in [-0.4, -0.2) is 52.7 Å². The number of amides is 3. The van der Waals surface area contributed by atoms with Gasteiger partial charge in [0.15, 0.2) is 0 Å². The molecule has 0 saturated carbocycles. The molecule has 1 aromatic carbocycles. The van der Waals surface area contributed by atoms with Gasteiger partial charge in [-0.15, -0.1) is 10.2 Å². The second-order valence-corrected chi connectivity index (χ2v) is 6.73. The van der Waals surface area contributed by atoms with Crippen molar-refractivity contribution in [3.63, 3.8) is 0 Å². The highest BCUT2D eigenvalue weighted by molar-refractivity contribution is 7.13. The summed E-state index contributed by atoms with van der Waals surface area (Å²) in [5.74, 6) is -0.155. The van der Waals surface area contributed by atoms with Gasteiger partial charge in [0.05, 0.1) is 5.69 Å². The molecule has 4 rings (SSSR count). The lowest BCUT2D eigenvalue weighted by molar-refractivity contribution is -0.116. The highest BCUT2D eigenvalue weighted by Crippen LogP contribution is 2.28. The number of nitrogens with zero attached hydrogens (tertiary/aromatic N) is 5. The monoisotopic (exact) mass is 343 g/mol. The van der Waals surface area contributed by atoms with E-state index in [4.69, 9.17) is 0 Å². The van der Waals surface area contributed by atoms with Gasteiger partial charge in [0.1, 0.15) is 12.1 Å². The van der Waals surface area contributed by atoms with Crippen LogP contribution in [-0.2, 0) is 4.79 Å². The molecule has 0 atom stereocenters. The molecule has 0 unspecified atom stereocenters. The Hall–Kier alpha value is -2.48. The zero-order valence-electron chi connectivity index (χ0n) is 13.0. The van der Waals surface area contributed by atoms with Gasteiger partial charge in [-0.2, -0.15) is 0 Å². The lowest BCUT2D eigenvalue weighted by Gasteiger charge is -2.35. The predicted molar refractivity (Wildman–Crippen MR) is 91.2 cm³/mol. The smallest absolute Gasteiger partial charge is 0.332 e. The number of hydrogen-bond acceptors (Lipinski definition) is 6. The summed E-state index contributed by atoms with van der Waals surface area (Å²) >= 11 is 1.52. The molecule has 7 nitrogen and oxygen atoms in total. The SMILES string of the molecule is O=C1CN(C2CCN(c3nncs3)CC2)C(=O)N1c1ccccc1. The minimum atomic E-state index is -0.208. The first-order valence-corrected chi connectivity index (χ1v) is 8.82. The molecule has 0 aliphatic carbocycles. The third-order valence-electron chi connectivity index (χ3n) is 4.53. The van der Waals surface area contributed by atoms with E-state index in [1.807, 2.05) is 18.2 Å². The minimum Gasteiger partial charge on any atom is -0.347 e. The zero-order valence-corrected chi connectivity index (χ0v) is 13.9. The highest BCUT2D eigenvalue weighted by Gasteiger charge is 2.41. The molecule has 2 saturated heterocycles. The van der Waals surface area contributed by atoms with Crippen molar-refractivity contribution in [2.24, 2.45) is 0 Å². The fraction of sp³-hybridized carbons (Fsp3) is 0.375.